The summed E-state index contributed by atoms with van der Waals surface area (Å²) in [7, 11) is 0. The van der Waals surface area contributed by atoms with Crippen molar-refractivity contribution in [3.8, 4) is 0 Å². The fraction of sp³-hybridized carbons (Fsp3) is 0.500. The van der Waals surface area contributed by atoms with Crippen LogP contribution in [0.25, 0.3) is 0 Å². The number of allylic oxidation sites excluding steroid dienone is 4. The highest BCUT2D eigenvalue weighted by Gasteiger charge is 2.30. The zero-order chi connectivity index (χ0) is 18.3. The molecule has 0 bridgehead atoms. The molecule has 0 aromatic rings. The monoisotopic (exact) mass is 355 g/mol. The first-order valence-corrected chi connectivity index (χ1v) is 9.55. The minimum Gasteiger partial charge on any atom is -0.365 e. The van der Waals surface area contributed by atoms with Crippen LogP contribution in [0.4, 0.5) is 0 Å². The third-order valence-corrected chi connectivity index (χ3v) is 5.39. The number of ether oxygens (including phenoxy) is 2. The Bertz CT molecular complexity index is 617. The second kappa shape index (κ2) is 8.30. The van der Waals surface area contributed by atoms with Crippen LogP contribution in [0.2, 0.25) is 0 Å². The maximum atomic E-state index is 6.22. The molecule has 0 saturated carbocycles. The normalized spacial score (nSPS) is 35.3. The summed E-state index contributed by atoms with van der Waals surface area (Å²) in [5, 5.41) is 0. The average Bonchev–Trinajstić information content (AvgIpc) is 2.63. The van der Waals surface area contributed by atoms with Crippen LogP contribution in [0.3, 0.4) is 0 Å². The van der Waals surface area contributed by atoms with E-state index in [2.05, 4.69) is 73.6 Å². The standard InChI is InChI=1S/C22H31N2O2/c1-21(9-5-3-6-10-21)25-19-17-24(15-13-23-14-16-24)18-20-26-22(2)11-7-4-8-12-22/h3-9,11,13-15H,10,12,16-20H2,1-2H3/q+1. The van der Waals surface area contributed by atoms with Crippen LogP contribution in [0.1, 0.15) is 26.7 Å². The van der Waals surface area contributed by atoms with E-state index in [4.69, 9.17) is 9.47 Å². The van der Waals surface area contributed by atoms with Crippen LogP contribution < -0.4 is 0 Å². The Morgan fingerprint density at radius 3 is 1.88 bits per heavy atom. The molecule has 2 aliphatic carbocycles. The van der Waals surface area contributed by atoms with Crippen molar-refractivity contribution in [1.82, 2.24) is 0 Å². The van der Waals surface area contributed by atoms with E-state index in [1.165, 1.54) is 0 Å². The smallest absolute Gasteiger partial charge is 0.119 e. The minimum atomic E-state index is -0.185. The molecule has 3 rings (SSSR count). The molecule has 2 unspecified atom stereocenters. The summed E-state index contributed by atoms with van der Waals surface area (Å²) < 4.78 is 13.3. The second-order valence-corrected chi connectivity index (χ2v) is 7.78. The Labute approximate surface area is 157 Å². The van der Waals surface area contributed by atoms with Gasteiger partial charge in [0.1, 0.15) is 25.8 Å². The molecule has 0 saturated heterocycles. The van der Waals surface area contributed by atoms with Crippen molar-refractivity contribution in [3.63, 3.8) is 0 Å². The Morgan fingerprint density at radius 2 is 1.46 bits per heavy atom. The van der Waals surface area contributed by atoms with E-state index < -0.39 is 0 Å². The lowest BCUT2D eigenvalue weighted by Crippen LogP contribution is -2.50. The number of hydrogen-bond donors (Lipinski definition) is 0. The van der Waals surface area contributed by atoms with Crippen molar-refractivity contribution >= 4 is 6.21 Å². The zero-order valence-corrected chi connectivity index (χ0v) is 16.0. The maximum Gasteiger partial charge on any atom is 0.119 e. The van der Waals surface area contributed by atoms with Crippen LogP contribution >= 0.6 is 0 Å². The van der Waals surface area contributed by atoms with E-state index in [0.29, 0.717) is 13.2 Å². The van der Waals surface area contributed by atoms with Gasteiger partial charge >= 0.3 is 0 Å². The summed E-state index contributed by atoms with van der Waals surface area (Å²) in [5.41, 5.74) is -0.370. The molecule has 0 fully saturated rings. The maximum absolute atomic E-state index is 6.22. The van der Waals surface area contributed by atoms with E-state index >= 15 is 0 Å². The highest BCUT2D eigenvalue weighted by Crippen LogP contribution is 2.24. The van der Waals surface area contributed by atoms with Gasteiger partial charge in [-0.15, -0.1) is 0 Å². The van der Waals surface area contributed by atoms with Gasteiger partial charge < -0.3 is 9.47 Å². The van der Waals surface area contributed by atoms with Gasteiger partial charge in [-0.2, -0.15) is 0 Å². The molecule has 0 N–H and O–H groups in total. The first-order valence-electron chi connectivity index (χ1n) is 9.55. The molecule has 0 spiro atoms. The SMILES string of the molecule is CC1(OCC[N+]2(CCOC3(C)C=CC=CC3)C=CN=CC2)C=CC=CC1. The summed E-state index contributed by atoms with van der Waals surface area (Å²) in [6.45, 7) is 8.47. The Balaban J connectivity index is 1.51. The summed E-state index contributed by atoms with van der Waals surface area (Å²) in [4.78, 5) is 4.25. The van der Waals surface area contributed by atoms with Gasteiger partial charge in [-0.25, -0.2) is 0 Å². The first-order chi connectivity index (χ1) is 12.5. The van der Waals surface area contributed by atoms with Crippen molar-refractivity contribution in [2.75, 3.05) is 32.8 Å². The molecule has 1 aliphatic heterocycles. The topological polar surface area (TPSA) is 30.8 Å². The molecule has 4 heteroatoms. The fourth-order valence-corrected chi connectivity index (χ4v) is 3.51. The van der Waals surface area contributed by atoms with Gasteiger partial charge in [-0.1, -0.05) is 48.6 Å². The number of aliphatic imine (C=N–C) groups is 1. The molecular weight excluding hydrogens is 324 g/mol. The lowest BCUT2D eigenvalue weighted by atomic mass is 9.97. The number of nitrogens with zero attached hydrogens (tertiary/aromatic N) is 2. The van der Waals surface area contributed by atoms with E-state index in [-0.39, 0.29) is 11.2 Å². The summed E-state index contributed by atoms with van der Waals surface area (Å²) in [6.07, 6.45) is 24.9. The van der Waals surface area contributed by atoms with E-state index in [1.54, 1.807) is 0 Å². The van der Waals surface area contributed by atoms with Crippen LogP contribution in [0, 0.1) is 0 Å². The highest BCUT2D eigenvalue weighted by molar-refractivity contribution is 5.60. The molecular formula is C22H31N2O2+. The molecule has 140 valence electrons. The van der Waals surface area contributed by atoms with Gasteiger partial charge in [0.25, 0.3) is 0 Å². The summed E-state index contributed by atoms with van der Waals surface area (Å²) in [6, 6.07) is 0. The molecule has 0 amide bonds. The lowest BCUT2D eigenvalue weighted by Gasteiger charge is -2.37. The third kappa shape index (κ3) is 5.13. The Kier molecular flexibility index (Phi) is 6.07. The number of rotatable bonds is 8. The number of hydrogen-bond acceptors (Lipinski definition) is 3. The minimum absolute atomic E-state index is 0.185. The van der Waals surface area contributed by atoms with Gasteiger partial charge in [-0.3, -0.25) is 9.48 Å². The van der Waals surface area contributed by atoms with Crippen LogP contribution in [0.15, 0.2) is 66.0 Å². The second-order valence-electron chi connectivity index (χ2n) is 7.78. The fourth-order valence-electron chi connectivity index (χ4n) is 3.51. The van der Waals surface area contributed by atoms with Crippen LogP contribution in [-0.2, 0) is 9.47 Å². The average molecular weight is 356 g/mol. The Hall–Kier alpha value is -1.75. The van der Waals surface area contributed by atoms with E-state index in [1.807, 2.05) is 12.4 Å². The lowest BCUT2D eigenvalue weighted by molar-refractivity contribution is -0.872. The summed E-state index contributed by atoms with van der Waals surface area (Å²) in [5.74, 6) is 0. The predicted octanol–water partition coefficient (Wildman–Crippen LogP) is 3.94. The molecule has 26 heavy (non-hydrogen) atoms. The largest absolute Gasteiger partial charge is 0.365 e. The molecule has 0 radical (unpaired) electrons. The van der Waals surface area contributed by atoms with Gasteiger partial charge in [0.05, 0.1) is 36.8 Å². The molecule has 0 aromatic carbocycles. The Morgan fingerprint density at radius 1 is 0.885 bits per heavy atom. The van der Waals surface area contributed by atoms with Gasteiger partial charge in [0.2, 0.25) is 0 Å². The van der Waals surface area contributed by atoms with E-state index in [9.17, 15) is 0 Å². The van der Waals surface area contributed by atoms with Crippen molar-refractivity contribution < 1.29 is 14.0 Å². The first kappa shape index (κ1) is 19.0. The zero-order valence-electron chi connectivity index (χ0n) is 16.0. The van der Waals surface area contributed by atoms with Crippen LogP contribution in [-0.4, -0.2) is 54.7 Å². The molecule has 4 nitrogen and oxygen atoms in total. The number of quaternary nitrogens is 1. The quantitative estimate of drug-likeness (QED) is 0.618. The van der Waals surface area contributed by atoms with Gasteiger partial charge in [0.15, 0.2) is 0 Å². The third-order valence-electron chi connectivity index (χ3n) is 5.39. The molecule has 1 heterocycles. The van der Waals surface area contributed by atoms with Gasteiger partial charge in [-0.05, 0) is 26.7 Å². The van der Waals surface area contributed by atoms with Crippen molar-refractivity contribution in [1.29, 1.82) is 0 Å². The highest BCUT2D eigenvalue weighted by atomic mass is 16.5. The van der Waals surface area contributed by atoms with Crippen molar-refractivity contribution in [2.45, 2.75) is 37.9 Å². The van der Waals surface area contributed by atoms with E-state index in [0.717, 1.165) is 37.0 Å². The molecule has 3 aliphatic rings. The van der Waals surface area contributed by atoms with Crippen LogP contribution in [0.5, 0.6) is 0 Å². The van der Waals surface area contributed by atoms with Gasteiger partial charge in [0, 0.05) is 0 Å². The predicted molar refractivity (Wildman–Crippen MR) is 107 cm³/mol. The molecule has 0 aromatic heterocycles. The van der Waals surface area contributed by atoms with Crippen molar-refractivity contribution in [2.24, 2.45) is 4.99 Å². The molecule has 2 atom stereocenters. The summed E-state index contributed by atoms with van der Waals surface area (Å²) >= 11 is 0. The van der Waals surface area contributed by atoms with Crippen molar-refractivity contribution in [3.05, 3.63) is 61.0 Å².